The van der Waals surface area contributed by atoms with Crippen LogP contribution in [0.2, 0.25) is 0 Å². The number of anilines is 1. The van der Waals surface area contributed by atoms with Gasteiger partial charge in [-0.25, -0.2) is 9.50 Å². The van der Waals surface area contributed by atoms with E-state index in [4.69, 9.17) is 5.73 Å². The Morgan fingerprint density at radius 2 is 1.92 bits per heavy atom. The Hall–Kier alpha value is -5.70. The molecule has 5 aromatic heterocycles. The highest BCUT2D eigenvalue weighted by Gasteiger charge is 2.25. The van der Waals surface area contributed by atoms with Crippen molar-refractivity contribution in [3.63, 3.8) is 0 Å². The Bertz CT molecular complexity index is 1990. The third kappa shape index (κ3) is 4.17. The highest BCUT2D eigenvalue weighted by Crippen LogP contribution is 2.22. The minimum atomic E-state index is -0.700. The van der Waals surface area contributed by atoms with Crippen LogP contribution < -0.4 is 16.6 Å². The van der Waals surface area contributed by atoms with Gasteiger partial charge in [0.1, 0.15) is 22.5 Å². The second-order valence-electron chi connectivity index (χ2n) is 8.88. The van der Waals surface area contributed by atoms with Crippen molar-refractivity contribution in [2.45, 2.75) is 13.0 Å². The summed E-state index contributed by atoms with van der Waals surface area (Å²) >= 11 is 0. The molecule has 6 rings (SSSR count). The maximum Gasteiger partial charge on any atom is 0.270 e. The Morgan fingerprint density at radius 3 is 2.69 bits per heavy atom. The zero-order valence-corrected chi connectivity index (χ0v) is 21.0. The third-order valence-corrected chi connectivity index (χ3v) is 6.19. The van der Waals surface area contributed by atoms with Crippen molar-refractivity contribution < 1.29 is 4.79 Å². The molecule has 0 aliphatic rings. The second-order valence-corrected chi connectivity index (χ2v) is 8.88. The molecule has 0 aliphatic heterocycles. The predicted octanol–water partition coefficient (Wildman–Crippen LogP) is 1.96. The van der Waals surface area contributed by atoms with Gasteiger partial charge in [0.15, 0.2) is 11.5 Å². The molecule has 0 unspecified atom stereocenters. The fourth-order valence-electron chi connectivity index (χ4n) is 4.40. The molecular formula is C27H22N10O2. The predicted molar refractivity (Wildman–Crippen MR) is 144 cm³/mol. The molecule has 0 spiro atoms. The number of hydrogen-bond acceptors (Lipinski definition) is 7. The second kappa shape index (κ2) is 9.31. The molecular weight excluding hydrogens is 496 g/mol. The van der Waals surface area contributed by atoms with Crippen LogP contribution in [-0.2, 0) is 7.05 Å². The van der Waals surface area contributed by atoms with Gasteiger partial charge in [-0.2, -0.15) is 10.2 Å². The monoisotopic (exact) mass is 518 g/mol. The van der Waals surface area contributed by atoms with Gasteiger partial charge >= 0.3 is 0 Å². The number of nitrogens with zero attached hydrogens (tertiary/aromatic N) is 7. The van der Waals surface area contributed by atoms with Gasteiger partial charge < -0.3 is 11.1 Å². The van der Waals surface area contributed by atoms with Crippen LogP contribution in [0.5, 0.6) is 0 Å². The number of carbonyl (C=O) groups is 1. The molecule has 192 valence electrons. The highest BCUT2D eigenvalue weighted by molar-refractivity contribution is 6.05. The molecule has 1 atom stereocenters. The number of aromatic amines is 1. The molecule has 0 fully saturated rings. The normalized spacial score (nSPS) is 11.8. The van der Waals surface area contributed by atoms with Gasteiger partial charge in [-0.05, 0) is 37.1 Å². The lowest BCUT2D eigenvalue weighted by Gasteiger charge is -2.18. The van der Waals surface area contributed by atoms with E-state index >= 15 is 0 Å². The first kappa shape index (κ1) is 23.7. The van der Waals surface area contributed by atoms with Gasteiger partial charge in [-0.3, -0.25) is 23.9 Å². The molecule has 6 aromatic rings. The van der Waals surface area contributed by atoms with Gasteiger partial charge in [-0.1, -0.05) is 30.2 Å². The molecule has 0 radical (unpaired) electrons. The van der Waals surface area contributed by atoms with Crippen LogP contribution in [0.15, 0.2) is 71.9 Å². The lowest BCUT2D eigenvalue weighted by Crippen LogP contribution is -2.33. The van der Waals surface area contributed by atoms with Crippen LogP contribution in [0, 0.1) is 11.8 Å². The molecule has 5 heterocycles. The van der Waals surface area contributed by atoms with E-state index in [1.807, 2.05) is 18.2 Å². The molecule has 0 aliphatic carbocycles. The Labute approximate surface area is 221 Å². The van der Waals surface area contributed by atoms with E-state index in [0.29, 0.717) is 28.3 Å². The Kier molecular flexibility index (Phi) is 5.65. The fraction of sp³-hybridized carbons (Fsp3) is 0.111. The van der Waals surface area contributed by atoms with Crippen LogP contribution in [0.3, 0.4) is 0 Å². The van der Waals surface area contributed by atoms with E-state index < -0.39 is 11.9 Å². The SMILES string of the molecule is C[C@H](NC(=O)c1c(N)nn2ccccc12)c1nc2n[nH]c(C#Cc3cnn(C)c3)c2c(=O)n1-c1ccccc1. The largest absolute Gasteiger partial charge is 0.382 e. The van der Waals surface area contributed by atoms with E-state index in [1.165, 1.54) is 9.08 Å². The summed E-state index contributed by atoms with van der Waals surface area (Å²) in [6.45, 7) is 1.74. The number of carbonyl (C=O) groups excluding carboxylic acids is 1. The first-order valence-corrected chi connectivity index (χ1v) is 12.0. The summed E-state index contributed by atoms with van der Waals surface area (Å²) in [4.78, 5) is 31.9. The molecule has 39 heavy (non-hydrogen) atoms. The summed E-state index contributed by atoms with van der Waals surface area (Å²) in [6, 6.07) is 13.7. The van der Waals surface area contributed by atoms with Crippen LogP contribution in [0.1, 0.15) is 40.4 Å². The topological polar surface area (TPSA) is 154 Å². The van der Waals surface area contributed by atoms with Crippen molar-refractivity contribution >= 4 is 28.3 Å². The quantitative estimate of drug-likeness (QED) is 0.302. The minimum Gasteiger partial charge on any atom is -0.382 e. The van der Waals surface area contributed by atoms with Crippen molar-refractivity contribution in [3.8, 4) is 17.5 Å². The van der Waals surface area contributed by atoms with Gasteiger partial charge in [0.05, 0.1) is 29.0 Å². The number of nitrogens with one attached hydrogen (secondary N) is 2. The number of amides is 1. The van der Waals surface area contributed by atoms with Crippen molar-refractivity contribution in [2.24, 2.45) is 7.05 Å². The van der Waals surface area contributed by atoms with Gasteiger partial charge in [-0.15, -0.1) is 5.10 Å². The fourth-order valence-corrected chi connectivity index (χ4v) is 4.40. The maximum atomic E-state index is 13.9. The maximum absolute atomic E-state index is 13.9. The smallest absolute Gasteiger partial charge is 0.270 e. The molecule has 0 saturated heterocycles. The van der Waals surface area contributed by atoms with Gasteiger partial charge in [0.25, 0.3) is 11.5 Å². The zero-order valence-electron chi connectivity index (χ0n) is 21.0. The first-order valence-electron chi connectivity index (χ1n) is 12.0. The average molecular weight is 519 g/mol. The number of pyridine rings is 1. The lowest BCUT2D eigenvalue weighted by atomic mass is 10.2. The van der Waals surface area contributed by atoms with Crippen LogP contribution in [0.25, 0.3) is 22.2 Å². The van der Waals surface area contributed by atoms with Crippen molar-refractivity contribution in [3.05, 3.63) is 100 Å². The summed E-state index contributed by atoms with van der Waals surface area (Å²) in [5.41, 5.74) is 8.29. The van der Waals surface area contributed by atoms with Crippen LogP contribution in [-0.4, -0.2) is 45.1 Å². The van der Waals surface area contributed by atoms with E-state index in [9.17, 15) is 9.59 Å². The summed E-state index contributed by atoms with van der Waals surface area (Å²) in [7, 11) is 1.80. The zero-order chi connectivity index (χ0) is 27.1. The molecule has 0 bridgehead atoms. The molecule has 4 N–H and O–H groups in total. The minimum absolute atomic E-state index is 0.0962. The van der Waals surface area contributed by atoms with Gasteiger partial charge in [0, 0.05) is 19.4 Å². The molecule has 0 saturated carbocycles. The van der Waals surface area contributed by atoms with E-state index in [2.05, 4.69) is 42.5 Å². The number of aromatic nitrogens is 8. The van der Waals surface area contributed by atoms with E-state index in [1.54, 1.807) is 67.6 Å². The van der Waals surface area contributed by atoms with Crippen LogP contribution in [0.4, 0.5) is 5.82 Å². The summed E-state index contributed by atoms with van der Waals surface area (Å²) < 4.78 is 4.63. The number of nitrogen functional groups attached to an aromatic ring is 1. The van der Waals surface area contributed by atoms with E-state index in [0.717, 1.165) is 0 Å². The summed E-state index contributed by atoms with van der Waals surface area (Å²) in [5, 5.41) is 18.5. The number of nitrogens with two attached hydrogens (primary N) is 1. The Balaban J connectivity index is 1.45. The van der Waals surface area contributed by atoms with Crippen molar-refractivity contribution in [1.82, 2.24) is 44.5 Å². The standard InChI is InChI=1S/C27H22N10O2/c1-16(30-26(38)22-20-10-6-7-13-36(20)34-23(22)28)25-31-24-21(27(39)37(25)18-8-4-3-5-9-18)19(32-33-24)12-11-17-14-29-35(2)15-17/h3-10,13-16H,1-2H3,(H2,28,34)(H,30,38)(H,32,33)/t16-/m0/s1. The molecule has 1 amide bonds. The van der Waals surface area contributed by atoms with Crippen LogP contribution >= 0.6 is 0 Å². The number of benzene rings is 1. The van der Waals surface area contributed by atoms with Gasteiger partial charge in [0.2, 0.25) is 0 Å². The Morgan fingerprint density at radius 1 is 1.13 bits per heavy atom. The van der Waals surface area contributed by atoms with Crippen molar-refractivity contribution in [1.29, 1.82) is 0 Å². The summed E-state index contributed by atoms with van der Waals surface area (Å²) in [6.07, 6.45) is 5.11. The highest BCUT2D eigenvalue weighted by atomic mass is 16.2. The molecule has 12 nitrogen and oxygen atoms in total. The number of hydrogen-bond donors (Lipinski definition) is 3. The summed E-state index contributed by atoms with van der Waals surface area (Å²) in [5.74, 6) is 5.90. The molecule has 1 aromatic carbocycles. The first-order chi connectivity index (χ1) is 18.9. The number of rotatable bonds is 4. The number of para-hydroxylation sites is 1. The number of fused-ring (bicyclic) bond motifs is 2. The van der Waals surface area contributed by atoms with E-state index in [-0.39, 0.29) is 28.0 Å². The lowest BCUT2D eigenvalue weighted by molar-refractivity contribution is 0.0940. The number of H-pyrrole nitrogens is 1. The average Bonchev–Trinajstić information content (AvgIpc) is 3.63. The third-order valence-electron chi connectivity index (χ3n) is 6.19. The van der Waals surface area contributed by atoms with Crippen molar-refractivity contribution in [2.75, 3.05) is 5.73 Å². The molecule has 12 heteroatoms. The number of aryl methyl sites for hydroxylation is 1.